The molecule has 206 valence electrons. The fourth-order valence-electron chi connectivity index (χ4n) is 3.72. The van der Waals surface area contributed by atoms with E-state index in [1.54, 1.807) is 18.2 Å². The number of rotatable bonds is 17. The van der Waals surface area contributed by atoms with Crippen molar-refractivity contribution in [2.75, 3.05) is 92.6 Å². The molecule has 3 rings (SSSR count). The van der Waals surface area contributed by atoms with Crippen molar-refractivity contribution in [3.63, 3.8) is 0 Å². The number of carbonyl (C=O) groups is 1. The van der Waals surface area contributed by atoms with Crippen LogP contribution in [0, 0.1) is 12.3 Å². The summed E-state index contributed by atoms with van der Waals surface area (Å²) < 4.78 is 32.8. The van der Waals surface area contributed by atoms with Crippen LogP contribution >= 0.6 is 0 Å². The standard InChI is InChI=1S/C28H37N3O7/c1-3-15-34-18-19-35-16-13-30-9-11-31(12-10-30)14-17-36-20-21-37-25-5-4-6-26(22-25)38-27-8-7-24(23-29-27)28(32)33-2/h1,4-8,22-23H,9-21H2,2H3. The molecule has 2 aromatic rings. The Hall–Kier alpha value is -3.20. The second-order valence-electron chi connectivity index (χ2n) is 8.47. The normalized spacial score (nSPS) is 14.1. The Morgan fingerprint density at radius 3 is 2.18 bits per heavy atom. The van der Waals surface area contributed by atoms with E-state index in [2.05, 4.69) is 25.4 Å². The molecule has 0 spiro atoms. The molecular formula is C28H37N3O7. The minimum absolute atomic E-state index is 0.335. The van der Waals surface area contributed by atoms with Gasteiger partial charge in [0, 0.05) is 57.6 Å². The van der Waals surface area contributed by atoms with Crippen LogP contribution < -0.4 is 9.47 Å². The van der Waals surface area contributed by atoms with Crippen LogP contribution in [0.3, 0.4) is 0 Å². The van der Waals surface area contributed by atoms with Gasteiger partial charge in [-0.05, 0) is 18.2 Å². The highest BCUT2D eigenvalue weighted by Gasteiger charge is 2.16. The van der Waals surface area contributed by atoms with E-state index in [9.17, 15) is 4.79 Å². The van der Waals surface area contributed by atoms with Gasteiger partial charge in [-0.25, -0.2) is 9.78 Å². The number of benzene rings is 1. The Morgan fingerprint density at radius 2 is 1.55 bits per heavy atom. The van der Waals surface area contributed by atoms with Crippen LogP contribution in [0.2, 0.25) is 0 Å². The second-order valence-corrected chi connectivity index (χ2v) is 8.47. The van der Waals surface area contributed by atoms with E-state index in [0.29, 0.717) is 69.2 Å². The van der Waals surface area contributed by atoms with Crippen molar-refractivity contribution in [3.8, 4) is 29.7 Å². The molecule has 0 atom stereocenters. The average Bonchev–Trinajstić information content (AvgIpc) is 2.95. The molecule has 1 aliphatic rings. The van der Waals surface area contributed by atoms with Crippen molar-refractivity contribution in [1.29, 1.82) is 0 Å². The number of hydrogen-bond donors (Lipinski definition) is 0. The SMILES string of the molecule is C#CCOCCOCCN1CCN(CCOCCOc2cccc(Oc3ccc(C(=O)OC)cn3)c2)CC1. The number of aromatic nitrogens is 1. The van der Waals surface area contributed by atoms with Gasteiger partial charge in [0.25, 0.3) is 0 Å². The smallest absolute Gasteiger partial charge is 0.339 e. The highest BCUT2D eigenvalue weighted by atomic mass is 16.5. The van der Waals surface area contributed by atoms with Gasteiger partial charge in [-0.15, -0.1) is 6.42 Å². The molecule has 2 heterocycles. The number of hydrogen-bond acceptors (Lipinski definition) is 10. The van der Waals surface area contributed by atoms with Gasteiger partial charge in [-0.3, -0.25) is 9.80 Å². The third kappa shape index (κ3) is 11.0. The van der Waals surface area contributed by atoms with Crippen molar-refractivity contribution < 1.29 is 33.2 Å². The Bertz CT molecular complexity index is 989. The Balaban J connectivity index is 1.22. The molecule has 0 unspecified atom stereocenters. The molecule has 0 aliphatic carbocycles. The maximum atomic E-state index is 11.5. The molecule has 0 bridgehead atoms. The average molecular weight is 528 g/mol. The van der Waals surface area contributed by atoms with Gasteiger partial charge in [0.15, 0.2) is 0 Å². The van der Waals surface area contributed by atoms with E-state index in [-0.39, 0.29) is 0 Å². The number of esters is 1. The predicted molar refractivity (Wildman–Crippen MR) is 142 cm³/mol. The van der Waals surface area contributed by atoms with Crippen molar-refractivity contribution in [2.24, 2.45) is 0 Å². The zero-order chi connectivity index (χ0) is 26.8. The van der Waals surface area contributed by atoms with Crippen LogP contribution in [0.5, 0.6) is 17.4 Å². The lowest BCUT2D eigenvalue weighted by atomic mass is 10.3. The lowest BCUT2D eigenvalue weighted by molar-refractivity contribution is 0.0331. The lowest BCUT2D eigenvalue weighted by Crippen LogP contribution is -2.48. The van der Waals surface area contributed by atoms with Crippen LogP contribution in [0.25, 0.3) is 0 Å². The first-order valence-corrected chi connectivity index (χ1v) is 12.7. The largest absolute Gasteiger partial charge is 0.491 e. The van der Waals surface area contributed by atoms with E-state index in [1.807, 2.05) is 18.2 Å². The van der Waals surface area contributed by atoms with Gasteiger partial charge >= 0.3 is 5.97 Å². The minimum Gasteiger partial charge on any atom is -0.491 e. The van der Waals surface area contributed by atoms with Crippen LogP contribution in [-0.2, 0) is 18.9 Å². The van der Waals surface area contributed by atoms with Gasteiger partial charge in [-0.1, -0.05) is 12.0 Å². The molecule has 0 saturated carbocycles. The van der Waals surface area contributed by atoms with Crippen molar-refractivity contribution >= 4 is 5.97 Å². The molecule has 10 nitrogen and oxygen atoms in total. The monoisotopic (exact) mass is 527 g/mol. The maximum Gasteiger partial charge on any atom is 0.339 e. The van der Waals surface area contributed by atoms with E-state index in [4.69, 9.17) is 30.1 Å². The first-order valence-electron chi connectivity index (χ1n) is 12.7. The fraction of sp³-hybridized carbons (Fsp3) is 0.500. The van der Waals surface area contributed by atoms with Crippen molar-refractivity contribution in [1.82, 2.24) is 14.8 Å². The zero-order valence-corrected chi connectivity index (χ0v) is 22.0. The van der Waals surface area contributed by atoms with Crippen LogP contribution in [0.4, 0.5) is 0 Å². The molecule has 10 heteroatoms. The highest BCUT2D eigenvalue weighted by Crippen LogP contribution is 2.24. The van der Waals surface area contributed by atoms with Crippen LogP contribution in [0.15, 0.2) is 42.6 Å². The summed E-state index contributed by atoms with van der Waals surface area (Å²) in [5, 5.41) is 0. The zero-order valence-electron chi connectivity index (χ0n) is 22.0. The summed E-state index contributed by atoms with van der Waals surface area (Å²) in [7, 11) is 1.33. The number of ether oxygens (including phenoxy) is 6. The predicted octanol–water partition coefficient (Wildman–Crippen LogP) is 2.34. The number of carbonyl (C=O) groups excluding carboxylic acids is 1. The van der Waals surface area contributed by atoms with Gasteiger partial charge in [0.05, 0.1) is 45.7 Å². The summed E-state index contributed by atoms with van der Waals surface area (Å²) in [4.78, 5) is 20.5. The van der Waals surface area contributed by atoms with Gasteiger partial charge in [0.2, 0.25) is 5.88 Å². The third-order valence-corrected chi connectivity index (χ3v) is 5.81. The molecular weight excluding hydrogens is 490 g/mol. The summed E-state index contributed by atoms with van der Waals surface area (Å²) in [5.74, 6) is 3.63. The van der Waals surface area contributed by atoms with Gasteiger partial charge in [-0.2, -0.15) is 0 Å². The number of methoxy groups -OCH3 is 1. The van der Waals surface area contributed by atoms with Crippen molar-refractivity contribution in [2.45, 2.75) is 0 Å². The molecule has 1 aliphatic heterocycles. The first-order chi connectivity index (χ1) is 18.7. The van der Waals surface area contributed by atoms with E-state index >= 15 is 0 Å². The van der Waals surface area contributed by atoms with Crippen LogP contribution in [-0.4, -0.2) is 113 Å². The molecule has 38 heavy (non-hydrogen) atoms. The number of piperazine rings is 1. The Kier molecular flexibility index (Phi) is 13.4. The maximum absolute atomic E-state index is 11.5. The molecule has 1 aromatic heterocycles. The van der Waals surface area contributed by atoms with E-state index in [1.165, 1.54) is 13.3 Å². The second kappa shape index (κ2) is 17.3. The number of terminal acetylenes is 1. The highest BCUT2D eigenvalue weighted by molar-refractivity contribution is 5.88. The van der Waals surface area contributed by atoms with Gasteiger partial charge in [0.1, 0.15) is 24.7 Å². The third-order valence-electron chi connectivity index (χ3n) is 5.81. The minimum atomic E-state index is -0.443. The lowest BCUT2D eigenvalue weighted by Gasteiger charge is -2.34. The molecule has 1 fully saturated rings. The molecule has 0 amide bonds. The molecule has 0 radical (unpaired) electrons. The summed E-state index contributed by atoms with van der Waals surface area (Å²) in [6, 6.07) is 10.5. The van der Waals surface area contributed by atoms with Gasteiger partial charge < -0.3 is 28.4 Å². The number of pyridine rings is 1. The van der Waals surface area contributed by atoms with Crippen LogP contribution in [0.1, 0.15) is 10.4 Å². The Morgan fingerprint density at radius 1 is 0.895 bits per heavy atom. The fourth-order valence-corrected chi connectivity index (χ4v) is 3.72. The summed E-state index contributed by atoms with van der Waals surface area (Å²) in [6.07, 6.45) is 6.55. The Labute approximate surface area is 224 Å². The topological polar surface area (TPSA) is 91.8 Å². The summed E-state index contributed by atoms with van der Waals surface area (Å²) >= 11 is 0. The first kappa shape index (κ1) is 29.4. The quantitative estimate of drug-likeness (QED) is 0.173. The summed E-state index contributed by atoms with van der Waals surface area (Å²) in [6.45, 7) is 9.72. The molecule has 1 saturated heterocycles. The van der Waals surface area contributed by atoms with Crippen molar-refractivity contribution in [3.05, 3.63) is 48.2 Å². The van der Waals surface area contributed by atoms with E-state index < -0.39 is 5.97 Å². The number of nitrogens with zero attached hydrogens (tertiary/aromatic N) is 3. The van der Waals surface area contributed by atoms with E-state index in [0.717, 1.165) is 39.3 Å². The summed E-state index contributed by atoms with van der Waals surface area (Å²) in [5.41, 5.74) is 0.361. The molecule has 0 N–H and O–H groups in total. The molecule has 1 aromatic carbocycles.